The van der Waals surface area contributed by atoms with E-state index >= 15 is 0 Å². The minimum atomic E-state index is -0.173. The molecule has 0 N–H and O–H groups in total. The Hall–Kier alpha value is -0.840. The fraction of sp³-hybridized carbons (Fsp3) is 0.538. The molecule has 1 atom stereocenters. The largest absolute Gasteiger partial charge is 0.336 e. The third-order valence-corrected chi connectivity index (χ3v) is 4.00. The van der Waals surface area contributed by atoms with Gasteiger partial charge in [0.15, 0.2) is 0 Å². The van der Waals surface area contributed by atoms with Crippen molar-refractivity contribution in [2.24, 2.45) is 0 Å². The molecule has 1 aromatic heterocycles. The second-order valence-corrected chi connectivity index (χ2v) is 5.73. The van der Waals surface area contributed by atoms with Gasteiger partial charge in [-0.3, -0.25) is 4.79 Å². The van der Waals surface area contributed by atoms with Crippen molar-refractivity contribution in [3.05, 3.63) is 28.0 Å². The minimum absolute atomic E-state index is 0.173. The zero-order chi connectivity index (χ0) is 14.0. The summed E-state index contributed by atoms with van der Waals surface area (Å²) in [5.74, 6) is -0.173. The lowest BCUT2D eigenvalue weighted by molar-refractivity contribution is 0.0638. The molecular weight excluding hydrogens is 285 g/mol. The summed E-state index contributed by atoms with van der Waals surface area (Å²) in [4.78, 5) is 20.4. The summed E-state index contributed by atoms with van der Waals surface area (Å²) >= 11 is 11.8. The van der Waals surface area contributed by atoms with E-state index in [-0.39, 0.29) is 22.8 Å². The van der Waals surface area contributed by atoms with Gasteiger partial charge in [-0.05, 0) is 38.6 Å². The standard InChI is InChI=1S/C13H17Cl2N3O/c1-17-7-3-4-9(8-17)18(2)13(19)12-10(14)5-6-11(15)16-12/h5-6,9H,3-4,7-8H2,1-2H3. The molecule has 0 radical (unpaired) electrons. The number of piperidine rings is 1. The lowest BCUT2D eigenvalue weighted by Crippen LogP contribution is -2.47. The molecule has 1 fully saturated rings. The number of nitrogens with zero attached hydrogens (tertiary/aromatic N) is 3. The smallest absolute Gasteiger partial charge is 0.274 e. The number of amides is 1. The van der Waals surface area contributed by atoms with E-state index in [4.69, 9.17) is 23.2 Å². The number of pyridine rings is 1. The first-order valence-electron chi connectivity index (χ1n) is 6.27. The Kier molecular flexibility index (Phi) is 4.66. The maximum atomic E-state index is 12.4. The van der Waals surface area contributed by atoms with Crippen molar-refractivity contribution in [2.75, 3.05) is 27.2 Å². The van der Waals surface area contributed by atoms with Crippen molar-refractivity contribution in [3.8, 4) is 0 Å². The van der Waals surface area contributed by atoms with E-state index in [0.717, 1.165) is 25.9 Å². The van der Waals surface area contributed by atoms with Crippen molar-refractivity contribution in [1.82, 2.24) is 14.8 Å². The Morgan fingerprint density at radius 1 is 1.47 bits per heavy atom. The van der Waals surface area contributed by atoms with E-state index in [2.05, 4.69) is 16.9 Å². The highest BCUT2D eigenvalue weighted by molar-refractivity contribution is 6.34. The number of carbonyl (C=O) groups is 1. The van der Waals surface area contributed by atoms with E-state index < -0.39 is 0 Å². The monoisotopic (exact) mass is 301 g/mol. The molecule has 1 aliphatic heterocycles. The number of likely N-dealkylation sites (tertiary alicyclic amines) is 1. The van der Waals surface area contributed by atoms with Gasteiger partial charge in [-0.2, -0.15) is 0 Å². The number of hydrogen-bond donors (Lipinski definition) is 0. The first kappa shape index (κ1) is 14.6. The van der Waals surface area contributed by atoms with E-state index in [1.54, 1.807) is 24.1 Å². The highest BCUT2D eigenvalue weighted by atomic mass is 35.5. The molecule has 0 bridgehead atoms. The lowest BCUT2D eigenvalue weighted by atomic mass is 10.0. The zero-order valence-electron chi connectivity index (χ0n) is 11.1. The predicted molar refractivity (Wildman–Crippen MR) is 76.9 cm³/mol. The van der Waals surface area contributed by atoms with Gasteiger partial charge in [0.25, 0.3) is 5.91 Å². The maximum absolute atomic E-state index is 12.4. The molecule has 1 aliphatic rings. The summed E-state index contributed by atoms with van der Waals surface area (Å²) in [5.41, 5.74) is 0.227. The van der Waals surface area contributed by atoms with Gasteiger partial charge in [-0.1, -0.05) is 23.2 Å². The third-order valence-electron chi connectivity index (χ3n) is 3.48. The number of likely N-dealkylation sites (N-methyl/N-ethyl adjacent to an activating group) is 2. The number of rotatable bonds is 2. The van der Waals surface area contributed by atoms with Gasteiger partial charge < -0.3 is 9.80 Å². The van der Waals surface area contributed by atoms with Crippen LogP contribution in [-0.2, 0) is 0 Å². The topological polar surface area (TPSA) is 36.4 Å². The first-order valence-corrected chi connectivity index (χ1v) is 7.02. The van der Waals surface area contributed by atoms with Gasteiger partial charge in [0.1, 0.15) is 10.8 Å². The van der Waals surface area contributed by atoms with Crippen LogP contribution in [0.2, 0.25) is 10.2 Å². The van der Waals surface area contributed by atoms with Crippen LogP contribution in [0.1, 0.15) is 23.3 Å². The molecule has 2 heterocycles. The molecule has 19 heavy (non-hydrogen) atoms. The molecule has 104 valence electrons. The van der Waals surface area contributed by atoms with Crippen LogP contribution < -0.4 is 0 Å². The van der Waals surface area contributed by atoms with Gasteiger partial charge >= 0.3 is 0 Å². The van der Waals surface area contributed by atoms with Gasteiger partial charge in [0, 0.05) is 19.6 Å². The average Bonchev–Trinajstić information content (AvgIpc) is 2.40. The van der Waals surface area contributed by atoms with E-state index in [1.807, 2.05) is 0 Å². The molecule has 0 spiro atoms. The Morgan fingerprint density at radius 2 is 2.21 bits per heavy atom. The first-order chi connectivity index (χ1) is 8.99. The summed E-state index contributed by atoms with van der Waals surface area (Å²) < 4.78 is 0. The Bertz CT molecular complexity index is 481. The third kappa shape index (κ3) is 3.38. The predicted octanol–water partition coefficient (Wildman–Crippen LogP) is 2.55. The van der Waals surface area contributed by atoms with Gasteiger partial charge in [0.05, 0.1) is 5.02 Å². The number of hydrogen-bond acceptors (Lipinski definition) is 3. The van der Waals surface area contributed by atoms with Crippen LogP contribution in [0, 0.1) is 0 Å². The summed E-state index contributed by atoms with van der Waals surface area (Å²) in [6, 6.07) is 3.38. The minimum Gasteiger partial charge on any atom is -0.336 e. The molecule has 4 nitrogen and oxygen atoms in total. The normalized spacial score (nSPS) is 20.3. The van der Waals surface area contributed by atoms with E-state index in [1.165, 1.54) is 0 Å². The summed E-state index contributed by atoms with van der Waals surface area (Å²) in [5, 5.41) is 0.618. The fourth-order valence-electron chi connectivity index (χ4n) is 2.36. The number of aromatic nitrogens is 1. The zero-order valence-corrected chi connectivity index (χ0v) is 12.6. The Labute approximate surface area is 123 Å². The van der Waals surface area contributed by atoms with Crippen LogP contribution in [0.25, 0.3) is 0 Å². The number of carbonyl (C=O) groups excluding carboxylic acids is 1. The van der Waals surface area contributed by atoms with Crippen molar-refractivity contribution >= 4 is 29.1 Å². The molecule has 1 amide bonds. The van der Waals surface area contributed by atoms with Crippen LogP contribution in [-0.4, -0.2) is 53.9 Å². The van der Waals surface area contributed by atoms with Crippen molar-refractivity contribution < 1.29 is 4.79 Å². The molecule has 1 unspecified atom stereocenters. The highest BCUT2D eigenvalue weighted by Crippen LogP contribution is 2.21. The molecule has 1 saturated heterocycles. The SMILES string of the molecule is CN1CCCC(N(C)C(=O)c2nc(Cl)ccc2Cl)C1. The highest BCUT2D eigenvalue weighted by Gasteiger charge is 2.27. The molecule has 6 heteroatoms. The summed E-state index contributed by atoms with van der Waals surface area (Å²) in [6.45, 7) is 1.95. The second-order valence-electron chi connectivity index (χ2n) is 4.94. The molecule has 2 rings (SSSR count). The Balaban J connectivity index is 2.16. The van der Waals surface area contributed by atoms with E-state index in [9.17, 15) is 4.79 Å². The lowest BCUT2D eigenvalue weighted by Gasteiger charge is -2.35. The van der Waals surface area contributed by atoms with Crippen LogP contribution in [0.4, 0.5) is 0 Å². The summed E-state index contributed by atoms with van der Waals surface area (Å²) in [6.07, 6.45) is 2.10. The second kappa shape index (κ2) is 6.07. The fourth-order valence-corrected chi connectivity index (χ4v) is 2.69. The Morgan fingerprint density at radius 3 is 2.89 bits per heavy atom. The maximum Gasteiger partial charge on any atom is 0.274 e. The van der Waals surface area contributed by atoms with Crippen molar-refractivity contribution in [1.29, 1.82) is 0 Å². The number of halogens is 2. The molecule has 0 aliphatic carbocycles. The van der Waals surface area contributed by atoms with Crippen molar-refractivity contribution in [3.63, 3.8) is 0 Å². The van der Waals surface area contributed by atoms with Gasteiger partial charge in [-0.25, -0.2) is 4.98 Å². The van der Waals surface area contributed by atoms with E-state index in [0.29, 0.717) is 5.02 Å². The van der Waals surface area contributed by atoms with Crippen LogP contribution >= 0.6 is 23.2 Å². The van der Waals surface area contributed by atoms with Crippen LogP contribution in [0.5, 0.6) is 0 Å². The van der Waals surface area contributed by atoms with Gasteiger partial charge in [-0.15, -0.1) is 0 Å². The molecule has 0 saturated carbocycles. The summed E-state index contributed by atoms with van der Waals surface area (Å²) in [7, 11) is 3.86. The molecule has 1 aromatic rings. The van der Waals surface area contributed by atoms with Crippen LogP contribution in [0.3, 0.4) is 0 Å². The molecule has 0 aromatic carbocycles. The molecular formula is C13H17Cl2N3O. The quantitative estimate of drug-likeness (QED) is 0.788. The van der Waals surface area contributed by atoms with Crippen LogP contribution in [0.15, 0.2) is 12.1 Å². The van der Waals surface area contributed by atoms with Gasteiger partial charge in [0.2, 0.25) is 0 Å². The average molecular weight is 302 g/mol. The van der Waals surface area contributed by atoms with Crippen molar-refractivity contribution in [2.45, 2.75) is 18.9 Å².